The molecule has 3 rings (SSSR count). The number of fused-ring (bicyclic) bond motifs is 1. The molecule has 0 amide bonds. The molecule has 1 atom stereocenters. The van der Waals surface area contributed by atoms with Crippen molar-refractivity contribution in [3.8, 4) is 11.5 Å². The molecular weight excluding hydrogens is 404 g/mol. The fourth-order valence-corrected chi connectivity index (χ4v) is 4.54. The molecule has 0 radical (unpaired) electrons. The van der Waals surface area contributed by atoms with Gasteiger partial charge in [0.25, 0.3) is 5.56 Å². The van der Waals surface area contributed by atoms with E-state index in [9.17, 15) is 9.59 Å². The Hall–Kier alpha value is -2.48. The third-order valence-electron chi connectivity index (χ3n) is 5.28. The van der Waals surface area contributed by atoms with E-state index in [-0.39, 0.29) is 11.5 Å². The van der Waals surface area contributed by atoms with Gasteiger partial charge in [-0.2, -0.15) is 0 Å². The van der Waals surface area contributed by atoms with Crippen LogP contribution in [-0.2, 0) is 16.1 Å². The first-order valence-corrected chi connectivity index (χ1v) is 11.0. The lowest BCUT2D eigenvalue weighted by Gasteiger charge is -2.18. The number of esters is 1. The summed E-state index contributed by atoms with van der Waals surface area (Å²) < 4.78 is 17.2. The number of rotatable bonds is 8. The summed E-state index contributed by atoms with van der Waals surface area (Å²) in [7, 11) is 4.43. The minimum atomic E-state index is -0.486. The van der Waals surface area contributed by atoms with Crippen molar-refractivity contribution in [1.82, 2.24) is 9.55 Å². The van der Waals surface area contributed by atoms with Crippen molar-refractivity contribution in [2.45, 2.75) is 56.0 Å². The zero-order valence-corrected chi connectivity index (χ0v) is 18.7. The van der Waals surface area contributed by atoms with Gasteiger partial charge in [-0.1, -0.05) is 23.4 Å². The second-order valence-electron chi connectivity index (χ2n) is 7.22. The first-order valence-electron chi connectivity index (χ1n) is 10.1. The van der Waals surface area contributed by atoms with Crippen LogP contribution in [0, 0.1) is 0 Å². The van der Waals surface area contributed by atoms with E-state index < -0.39 is 5.25 Å². The Balaban J connectivity index is 2.07. The van der Waals surface area contributed by atoms with E-state index in [1.165, 1.54) is 51.5 Å². The summed E-state index contributed by atoms with van der Waals surface area (Å²) in [5.74, 6) is 0.621. The van der Waals surface area contributed by atoms with Gasteiger partial charge in [0.2, 0.25) is 0 Å². The summed E-state index contributed by atoms with van der Waals surface area (Å²) in [6, 6.07) is 3.36. The maximum absolute atomic E-state index is 13.4. The molecule has 0 aliphatic heterocycles. The number of thioether (sulfide) groups is 1. The Bertz CT molecular complexity index is 1010. The molecule has 162 valence electrons. The van der Waals surface area contributed by atoms with Gasteiger partial charge in [0.05, 0.1) is 32.2 Å². The van der Waals surface area contributed by atoms with Crippen molar-refractivity contribution < 1.29 is 19.0 Å². The Morgan fingerprint density at radius 2 is 1.93 bits per heavy atom. The molecule has 8 heteroatoms. The number of hydrogen-bond donors (Lipinski definition) is 0. The van der Waals surface area contributed by atoms with Crippen LogP contribution in [-0.4, -0.2) is 42.1 Å². The predicted octanol–water partition coefficient (Wildman–Crippen LogP) is 3.96. The molecule has 1 aliphatic carbocycles. The summed E-state index contributed by atoms with van der Waals surface area (Å²) in [5.41, 5.74) is 1.72. The van der Waals surface area contributed by atoms with Crippen LogP contribution >= 0.6 is 11.8 Å². The Kier molecular flexibility index (Phi) is 7.42. The lowest BCUT2D eigenvalue weighted by molar-refractivity contribution is -0.139. The van der Waals surface area contributed by atoms with Gasteiger partial charge in [-0.3, -0.25) is 14.2 Å². The van der Waals surface area contributed by atoms with Crippen LogP contribution in [0.4, 0.5) is 0 Å². The van der Waals surface area contributed by atoms with Gasteiger partial charge in [-0.05, 0) is 45.1 Å². The molecule has 0 spiro atoms. The molecule has 0 saturated carbocycles. The average molecular weight is 433 g/mol. The molecule has 1 heterocycles. The first kappa shape index (κ1) is 22.2. The summed E-state index contributed by atoms with van der Waals surface area (Å²) in [4.78, 5) is 30.1. The quantitative estimate of drug-likeness (QED) is 0.270. The van der Waals surface area contributed by atoms with Crippen LogP contribution in [0.15, 0.2) is 33.7 Å². The molecule has 7 nitrogen and oxygen atoms in total. The number of allylic oxidation sites excluding steroid dienone is 2. The number of carbonyl (C=O) groups excluding carboxylic acids is 1. The van der Waals surface area contributed by atoms with Gasteiger partial charge >= 0.3 is 5.97 Å². The van der Waals surface area contributed by atoms with Crippen LogP contribution in [0.25, 0.3) is 10.9 Å². The molecule has 0 saturated heterocycles. The molecule has 30 heavy (non-hydrogen) atoms. The summed E-state index contributed by atoms with van der Waals surface area (Å²) >= 11 is 1.23. The second-order valence-corrected chi connectivity index (χ2v) is 8.52. The van der Waals surface area contributed by atoms with E-state index in [0.717, 1.165) is 19.3 Å². The highest BCUT2D eigenvalue weighted by molar-refractivity contribution is 8.00. The molecule has 2 aromatic rings. The minimum Gasteiger partial charge on any atom is -0.493 e. The SMILES string of the molecule is COC(=O)C(C)Sc1nc2cc(OC)c(OC)cc2c(=O)n1CCC1=CCCCC1. The van der Waals surface area contributed by atoms with Crippen molar-refractivity contribution >= 4 is 28.6 Å². The maximum Gasteiger partial charge on any atom is 0.318 e. The number of hydrogen-bond acceptors (Lipinski definition) is 7. The Morgan fingerprint density at radius 3 is 2.57 bits per heavy atom. The Labute approximate surface area is 180 Å². The van der Waals surface area contributed by atoms with Gasteiger partial charge in [-0.25, -0.2) is 4.98 Å². The van der Waals surface area contributed by atoms with Crippen molar-refractivity contribution in [3.05, 3.63) is 34.1 Å². The zero-order valence-electron chi connectivity index (χ0n) is 17.9. The highest BCUT2D eigenvalue weighted by atomic mass is 32.2. The van der Waals surface area contributed by atoms with E-state index in [1.807, 2.05) is 0 Å². The van der Waals surface area contributed by atoms with E-state index in [4.69, 9.17) is 19.2 Å². The van der Waals surface area contributed by atoms with Crippen molar-refractivity contribution in [2.24, 2.45) is 0 Å². The molecule has 1 unspecified atom stereocenters. The summed E-state index contributed by atoms with van der Waals surface area (Å²) in [6.45, 7) is 2.26. The fraction of sp³-hybridized carbons (Fsp3) is 0.500. The molecule has 1 aromatic carbocycles. The number of carbonyl (C=O) groups is 1. The number of nitrogens with zero attached hydrogens (tertiary/aromatic N) is 2. The summed E-state index contributed by atoms with van der Waals surface area (Å²) in [5, 5.41) is 0.467. The topological polar surface area (TPSA) is 79.7 Å². The van der Waals surface area contributed by atoms with Crippen molar-refractivity contribution in [3.63, 3.8) is 0 Å². The molecule has 1 aliphatic rings. The average Bonchev–Trinajstić information content (AvgIpc) is 2.78. The zero-order chi connectivity index (χ0) is 21.7. The molecule has 0 fully saturated rings. The standard InChI is InChI=1S/C22H28N2O5S/c1-14(21(26)29-4)30-22-23-17-13-19(28-3)18(27-2)12-16(17)20(25)24(22)11-10-15-8-6-5-7-9-15/h8,12-14H,5-7,9-11H2,1-4H3. The van der Waals surface area contributed by atoms with Gasteiger partial charge in [0.15, 0.2) is 16.7 Å². The molecular formula is C22H28N2O5S. The van der Waals surface area contributed by atoms with Crippen LogP contribution in [0.1, 0.15) is 39.0 Å². The van der Waals surface area contributed by atoms with E-state index in [2.05, 4.69) is 6.08 Å². The largest absolute Gasteiger partial charge is 0.493 e. The van der Waals surface area contributed by atoms with Crippen LogP contribution in [0.2, 0.25) is 0 Å². The highest BCUT2D eigenvalue weighted by Crippen LogP contribution is 2.32. The highest BCUT2D eigenvalue weighted by Gasteiger charge is 2.21. The van der Waals surface area contributed by atoms with Gasteiger partial charge in [0, 0.05) is 12.6 Å². The minimum absolute atomic E-state index is 0.156. The Morgan fingerprint density at radius 1 is 1.20 bits per heavy atom. The lowest BCUT2D eigenvalue weighted by atomic mass is 9.97. The molecule has 0 N–H and O–H groups in total. The van der Waals surface area contributed by atoms with Gasteiger partial charge in [-0.15, -0.1) is 0 Å². The van der Waals surface area contributed by atoms with Crippen molar-refractivity contribution in [2.75, 3.05) is 21.3 Å². The van der Waals surface area contributed by atoms with Gasteiger partial charge < -0.3 is 14.2 Å². The van der Waals surface area contributed by atoms with E-state index in [1.54, 1.807) is 23.6 Å². The normalized spacial score (nSPS) is 14.9. The van der Waals surface area contributed by atoms with Crippen LogP contribution < -0.4 is 15.0 Å². The third kappa shape index (κ3) is 4.80. The first-order chi connectivity index (χ1) is 14.5. The monoisotopic (exact) mass is 432 g/mol. The lowest BCUT2D eigenvalue weighted by Crippen LogP contribution is -2.26. The van der Waals surface area contributed by atoms with Gasteiger partial charge in [0.1, 0.15) is 5.25 Å². The third-order valence-corrected chi connectivity index (χ3v) is 6.35. The van der Waals surface area contributed by atoms with E-state index in [0.29, 0.717) is 34.1 Å². The summed E-state index contributed by atoms with van der Waals surface area (Å²) in [6.07, 6.45) is 7.65. The van der Waals surface area contributed by atoms with Crippen LogP contribution in [0.3, 0.4) is 0 Å². The second kappa shape index (κ2) is 10.0. The number of benzene rings is 1. The maximum atomic E-state index is 13.4. The predicted molar refractivity (Wildman–Crippen MR) is 118 cm³/mol. The fourth-order valence-electron chi connectivity index (χ4n) is 3.57. The number of ether oxygens (including phenoxy) is 3. The molecule has 1 aromatic heterocycles. The number of methoxy groups -OCH3 is 3. The number of aromatic nitrogens is 2. The smallest absolute Gasteiger partial charge is 0.318 e. The van der Waals surface area contributed by atoms with E-state index >= 15 is 0 Å². The molecule has 0 bridgehead atoms. The van der Waals surface area contributed by atoms with Crippen LogP contribution in [0.5, 0.6) is 11.5 Å². The van der Waals surface area contributed by atoms with Crippen molar-refractivity contribution in [1.29, 1.82) is 0 Å².